The highest BCUT2D eigenvalue weighted by Gasteiger charge is 2.20. The maximum atomic E-state index is 9.70. The van der Waals surface area contributed by atoms with Crippen LogP contribution in [-0.4, -0.2) is 5.11 Å². The highest BCUT2D eigenvalue weighted by atomic mass is 16.3. The van der Waals surface area contributed by atoms with Crippen molar-refractivity contribution < 1.29 is 5.11 Å². The largest absolute Gasteiger partial charge is 0.508 e. The predicted molar refractivity (Wildman–Crippen MR) is 79.2 cm³/mol. The number of hydrogen-bond donors (Lipinski definition) is 1. The van der Waals surface area contributed by atoms with Gasteiger partial charge in [-0.05, 0) is 47.9 Å². The Morgan fingerprint density at radius 3 is 2.33 bits per heavy atom. The predicted octanol–water partition coefficient (Wildman–Crippen LogP) is 5.19. The van der Waals surface area contributed by atoms with Gasteiger partial charge < -0.3 is 5.11 Å². The van der Waals surface area contributed by atoms with Crippen molar-refractivity contribution >= 4 is 0 Å². The van der Waals surface area contributed by atoms with Crippen LogP contribution < -0.4 is 0 Å². The number of aryl methyl sites for hydroxylation is 1. The van der Waals surface area contributed by atoms with Crippen molar-refractivity contribution in [1.29, 1.82) is 0 Å². The average Bonchev–Trinajstić information content (AvgIpc) is 2.23. The topological polar surface area (TPSA) is 20.2 Å². The molecule has 0 fully saturated rings. The fraction of sp³-hybridized carbons (Fsp3) is 0.647. The average molecular weight is 248 g/mol. The molecule has 0 unspecified atom stereocenters. The molecule has 0 amide bonds. The van der Waals surface area contributed by atoms with Crippen LogP contribution in [0.2, 0.25) is 0 Å². The van der Waals surface area contributed by atoms with E-state index in [1.807, 2.05) is 19.1 Å². The first kappa shape index (κ1) is 15.1. The SMILES string of the molecule is Cc1cc(O)cc(C(C)(C)CCCCC(C)C)c1. The molecule has 0 aliphatic rings. The molecular weight excluding hydrogens is 220 g/mol. The Kier molecular flexibility index (Phi) is 5.25. The van der Waals surface area contributed by atoms with E-state index < -0.39 is 0 Å². The highest BCUT2D eigenvalue weighted by molar-refractivity contribution is 5.36. The second-order valence-electron chi connectivity index (χ2n) is 6.58. The summed E-state index contributed by atoms with van der Waals surface area (Å²) in [6.07, 6.45) is 5.07. The highest BCUT2D eigenvalue weighted by Crippen LogP contribution is 2.32. The molecule has 0 bridgehead atoms. The van der Waals surface area contributed by atoms with Gasteiger partial charge in [-0.3, -0.25) is 0 Å². The van der Waals surface area contributed by atoms with E-state index in [1.54, 1.807) is 0 Å². The lowest BCUT2D eigenvalue weighted by molar-refractivity contribution is 0.424. The van der Waals surface area contributed by atoms with Crippen molar-refractivity contribution in [2.75, 3.05) is 0 Å². The van der Waals surface area contributed by atoms with Gasteiger partial charge in [0.2, 0.25) is 0 Å². The second kappa shape index (κ2) is 6.26. The van der Waals surface area contributed by atoms with Crippen LogP contribution in [0, 0.1) is 12.8 Å². The Labute approximate surface area is 112 Å². The van der Waals surface area contributed by atoms with Crippen molar-refractivity contribution in [3.8, 4) is 5.75 Å². The van der Waals surface area contributed by atoms with E-state index in [4.69, 9.17) is 0 Å². The molecule has 18 heavy (non-hydrogen) atoms. The molecule has 1 heteroatoms. The number of phenols is 1. The van der Waals surface area contributed by atoms with Gasteiger partial charge in [-0.1, -0.05) is 53.0 Å². The molecule has 0 aliphatic carbocycles. The second-order valence-corrected chi connectivity index (χ2v) is 6.58. The molecule has 0 radical (unpaired) electrons. The Balaban J connectivity index is 2.61. The molecule has 1 rings (SSSR count). The molecule has 102 valence electrons. The van der Waals surface area contributed by atoms with Crippen molar-refractivity contribution in [1.82, 2.24) is 0 Å². The maximum absolute atomic E-state index is 9.70. The molecular formula is C17H28O. The summed E-state index contributed by atoms with van der Waals surface area (Å²) >= 11 is 0. The van der Waals surface area contributed by atoms with E-state index in [0.717, 1.165) is 11.5 Å². The first-order valence-electron chi connectivity index (χ1n) is 7.12. The fourth-order valence-electron chi connectivity index (χ4n) is 2.42. The summed E-state index contributed by atoms with van der Waals surface area (Å²) in [6, 6.07) is 5.93. The van der Waals surface area contributed by atoms with Crippen LogP contribution in [0.1, 0.15) is 64.5 Å². The zero-order chi connectivity index (χ0) is 13.8. The van der Waals surface area contributed by atoms with Crippen LogP contribution in [0.3, 0.4) is 0 Å². The van der Waals surface area contributed by atoms with Crippen LogP contribution >= 0.6 is 0 Å². The standard InChI is InChI=1S/C17H28O/c1-13(2)8-6-7-9-17(4,5)15-10-14(3)11-16(18)12-15/h10-13,18H,6-9H2,1-5H3. The van der Waals surface area contributed by atoms with E-state index in [2.05, 4.69) is 33.8 Å². The third kappa shape index (κ3) is 4.72. The monoisotopic (exact) mass is 248 g/mol. The summed E-state index contributed by atoms with van der Waals surface area (Å²) < 4.78 is 0. The maximum Gasteiger partial charge on any atom is 0.116 e. The Hall–Kier alpha value is -0.980. The lowest BCUT2D eigenvalue weighted by Crippen LogP contribution is -2.17. The zero-order valence-electron chi connectivity index (χ0n) is 12.6. The van der Waals surface area contributed by atoms with Crippen molar-refractivity contribution in [3.05, 3.63) is 29.3 Å². The van der Waals surface area contributed by atoms with Crippen LogP contribution in [0.25, 0.3) is 0 Å². The van der Waals surface area contributed by atoms with E-state index in [1.165, 1.54) is 31.2 Å². The number of hydrogen-bond acceptors (Lipinski definition) is 1. The van der Waals surface area contributed by atoms with Gasteiger partial charge in [-0.2, -0.15) is 0 Å². The summed E-state index contributed by atoms with van der Waals surface area (Å²) in [5.74, 6) is 1.19. The fourth-order valence-corrected chi connectivity index (χ4v) is 2.42. The van der Waals surface area contributed by atoms with E-state index >= 15 is 0 Å². The van der Waals surface area contributed by atoms with Crippen molar-refractivity contribution in [3.63, 3.8) is 0 Å². The van der Waals surface area contributed by atoms with Gasteiger partial charge in [0.1, 0.15) is 5.75 Å². The summed E-state index contributed by atoms with van der Waals surface area (Å²) in [7, 11) is 0. The molecule has 0 atom stereocenters. The third-order valence-electron chi connectivity index (χ3n) is 3.68. The number of rotatable bonds is 6. The molecule has 1 nitrogen and oxygen atoms in total. The normalized spacial score (nSPS) is 12.1. The summed E-state index contributed by atoms with van der Waals surface area (Å²) in [6.45, 7) is 11.2. The minimum Gasteiger partial charge on any atom is -0.508 e. The molecule has 1 aromatic carbocycles. The molecule has 0 heterocycles. The number of phenolic OH excluding ortho intramolecular Hbond substituents is 1. The molecule has 1 N–H and O–H groups in total. The van der Waals surface area contributed by atoms with Gasteiger partial charge >= 0.3 is 0 Å². The lowest BCUT2D eigenvalue weighted by Gasteiger charge is -2.26. The Morgan fingerprint density at radius 1 is 1.11 bits per heavy atom. The minimum absolute atomic E-state index is 0.153. The van der Waals surface area contributed by atoms with Gasteiger partial charge in [0.05, 0.1) is 0 Å². The third-order valence-corrected chi connectivity index (χ3v) is 3.68. The Bertz CT molecular complexity index is 357. The quantitative estimate of drug-likeness (QED) is 0.686. The molecule has 0 spiro atoms. The molecule has 0 saturated heterocycles. The van der Waals surface area contributed by atoms with Crippen LogP contribution in [0.5, 0.6) is 5.75 Å². The minimum atomic E-state index is 0.153. The van der Waals surface area contributed by atoms with Gasteiger partial charge in [-0.15, -0.1) is 0 Å². The van der Waals surface area contributed by atoms with Gasteiger partial charge in [-0.25, -0.2) is 0 Å². The summed E-state index contributed by atoms with van der Waals surface area (Å²) in [5, 5.41) is 9.70. The van der Waals surface area contributed by atoms with Crippen LogP contribution in [0.15, 0.2) is 18.2 Å². The van der Waals surface area contributed by atoms with E-state index in [0.29, 0.717) is 5.75 Å². The zero-order valence-corrected chi connectivity index (χ0v) is 12.6. The molecule has 0 aromatic heterocycles. The summed E-state index contributed by atoms with van der Waals surface area (Å²) in [5.41, 5.74) is 2.55. The van der Waals surface area contributed by atoms with Crippen molar-refractivity contribution in [2.45, 2.75) is 65.7 Å². The van der Waals surface area contributed by atoms with Crippen LogP contribution in [0.4, 0.5) is 0 Å². The molecule has 1 aromatic rings. The summed E-state index contributed by atoms with van der Waals surface area (Å²) in [4.78, 5) is 0. The van der Waals surface area contributed by atoms with E-state index in [9.17, 15) is 5.11 Å². The van der Waals surface area contributed by atoms with Crippen LogP contribution in [-0.2, 0) is 5.41 Å². The first-order chi connectivity index (χ1) is 8.31. The number of aromatic hydroxyl groups is 1. The van der Waals surface area contributed by atoms with Gasteiger partial charge in [0, 0.05) is 0 Å². The lowest BCUT2D eigenvalue weighted by atomic mass is 9.79. The smallest absolute Gasteiger partial charge is 0.116 e. The number of benzene rings is 1. The van der Waals surface area contributed by atoms with Crippen molar-refractivity contribution in [2.24, 2.45) is 5.92 Å². The first-order valence-corrected chi connectivity index (χ1v) is 7.12. The van der Waals surface area contributed by atoms with Gasteiger partial charge in [0.25, 0.3) is 0 Å². The number of unbranched alkanes of at least 4 members (excludes halogenated alkanes) is 1. The van der Waals surface area contributed by atoms with E-state index in [-0.39, 0.29) is 5.41 Å². The molecule has 0 saturated carbocycles. The Morgan fingerprint density at radius 2 is 1.78 bits per heavy atom. The molecule has 0 aliphatic heterocycles. The van der Waals surface area contributed by atoms with Gasteiger partial charge in [0.15, 0.2) is 0 Å².